The maximum absolute atomic E-state index is 8.81. The van der Waals surface area contributed by atoms with Gasteiger partial charge in [-0.05, 0) is 43.9 Å². The molecule has 1 aromatic carbocycles. The maximum atomic E-state index is 8.81. The number of rotatable bonds is 4. The highest BCUT2D eigenvalue weighted by Crippen LogP contribution is 2.33. The minimum Gasteiger partial charge on any atom is -0.493 e. The molecule has 98 valence electrons. The van der Waals surface area contributed by atoms with E-state index in [2.05, 4.69) is 6.58 Å². The Morgan fingerprint density at radius 1 is 1.33 bits per heavy atom. The molecule has 0 bridgehead atoms. The molecule has 0 aliphatic heterocycles. The largest absolute Gasteiger partial charge is 0.493 e. The molecule has 0 N–H and O–H groups in total. The smallest absolute Gasteiger partial charge is 0.162 e. The summed E-state index contributed by atoms with van der Waals surface area (Å²) in [6.45, 7) is 5.19. The van der Waals surface area contributed by atoms with Gasteiger partial charge in [-0.15, -0.1) is 0 Å². The van der Waals surface area contributed by atoms with E-state index in [9.17, 15) is 0 Å². The third-order valence-electron chi connectivity index (χ3n) is 2.77. The van der Waals surface area contributed by atoms with Crippen LogP contribution in [0.5, 0.6) is 11.5 Å². The number of hydrogen-bond donors (Lipinski definition) is 0. The molecule has 2 rings (SSSR count). The lowest BCUT2D eigenvalue weighted by Gasteiger charge is -2.27. The van der Waals surface area contributed by atoms with Crippen molar-refractivity contribution in [1.29, 1.82) is 0 Å². The molecule has 1 aliphatic rings. The number of benzene rings is 1. The van der Waals surface area contributed by atoms with E-state index in [1.165, 1.54) is 13.3 Å². The standard InChI is InChI=1S/C13H16O2.C2H4O/c1-3-10-7-8-12(14-2)13(9-10)15-11-5-4-6-11;1-2-3/h3,7-9,11H,1,4-6H2,2H3;2H,1H3. The van der Waals surface area contributed by atoms with Gasteiger partial charge in [0.2, 0.25) is 0 Å². The second-order valence-corrected chi connectivity index (χ2v) is 4.02. The highest BCUT2D eigenvalue weighted by atomic mass is 16.5. The molecule has 0 spiro atoms. The molecule has 3 nitrogen and oxygen atoms in total. The molecule has 1 saturated carbocycles. The first kappa shape index (κ1) is 14.3. The van der Waals surface area contributed by atoms with E-state index in [1.807, 2.05) is 24.3 Å². The van der Waals surface area contributed by atoms with Crippen LogP contribution in [0.3, 0.4) is 0 Å². The number of aldehydes is 1. The van der Waals surface area contributed by atoms with Crippen molar-refractivity contribution in [1.82, 2.24) is 0 Å². The molecule has 0 aromatic heterocycles. The fourth-order valence-corrected chi connectivity index (χ4v) is 1.58. The van der Waals surface area contributed by atoms with E-state index < -0.39 is 0 Å². The van der Waals surface area contributed by atoms with E-state index in [0.717, 1.165) is 36.2 Å². The van der Waals surface area contributed by atoms with Gasteiger partial charge in [0.25, 0.3) is 0 Å². The van der Waals surface area contributed by atoms with Crippen molar-refractivity contribution in [3.63, 3.8) is 0 Å². The Balaban J connectivity index is 0.000000492. The zero-order chi connectivity index (χ0) is 13.4. The molecule has 0 amide bonds. The Labute approximate surface area is 108 Å². The molecule has 1 fully saturated rings. The van der Waals surface area contributed by atoms with Crippen LogP contribution in [0.2, 0.25) is 0 Å². The van der Waals surface area contributed by atoms with E-state index in [1.54, 1.807) is 7.11 Å². The van der Waals surface area contributed by atoms with Gasteiger partial charge in [-0.2, -0.15) is 0 Å². The van der Waals surface area contributed by atoms with Crippen LogP contribution in [0.25, 0.3) is 6.08 Å². The molecule has 0 saturated heterocycles. The van der Waals surface area contributed by atoms with Crippen LogP contribution in [-0.4, -0.2) is 19.5 Å². The highest BCUT2D eigenvalue weighted by Gasteiger charge is 2.20. The maximum Gasteiger partial charge on any atom is 0.162 e. The minimum atomic E-state index is 0.374. The monoisotopic (exact) mass is 248 g/mol. The Morgan fingerprint density at radius 3 is 2.44 bits per heavy atom. The summed E-state index contributed by atoms with van der Waals surface area (Å²) in [6.07, 6.45) is 6.52. The van der Waals surface area contributed by atoms with Crippen molar-refractivity contribution >= 4 is 12.4 Å². The Kier molecular flexibility index (Phi) is 5.98. The van der Waals surface area contributed by atoms with Gasteiger partial charge < -0.3 is 14.3 Å². The van der Waals surface area contributed by atoms with Crippen LogP contribution in [-0.2, 0) is 4.79 Å². The number of hydrogen-bond acceptors (Lipinski definition) is 3. The average molecular weight is 248 g/mol. The highest BCUT2D eigenvalue weighted by molar-refractivity contribution is 5.54. The van der Waals surface area contributed by atoms with Gasteiger partial charge >= 0.3 is 0 Å². The molecular weight excluding hydrogens is 228 g/mol. The third kappa shape index (κ3) is 3.91. The second kappa shape index (κ2) is 7.54. The summed E-state index contributed by atoms with van der Waals surface area (Å²) in [7, 11) is 1.66. The SMILES string of the molecule is C=Cc1ccc(OC)c(OC2CCC2)c1.CC=O. The summed E-state index contributed by atoms with van der Waals surface area (Å²) < 4.78 is 11.1. The van der Waals surface area contributed by atoms with Crippen molar-refractivity contribution in [3.05, 3.63) is 30.3 Å². The molecule has 3 heteroatoms. The van der Waals surface area contributed by atoms with Gasteiger partial charge in [-0.25, -0.2) is 0 Å². The van der Waals surface area contributed by atoms with Crippen molar-refractivity contribution in [2.45, 2.75) is 32.3 Å². The van der Waals surface area contributed by atoms with Gasteiger partial charge in [0.1, 0.15) is 6.29 Å². The Morgan fingerprint density at radius 2 is 2.00 bits per heavy atom. The number of methoxy groups -OCH3 is 1. The van der Waals surface area contributed by atoms with Gasteiger partial charge in [-0.3, -0.25) is 0 Å². The molecule has 0 heterocycles. The summed E-state index contributed by atoms with van der Waals surface area (Å²) in [4.78, 5) is 8.81. The van der Waals surface area contributed by atoms with Crippen molar-refractivity contribution in [2.75, 3.05) is 7.11 Å². The van der Waals surface area contributed by atoms with E-state index in [-0.39, 0.29) is 0 Å². The first-order valence-electron chi connectivity index (χ1n) is 6.12. The normalized spacial score (nSPS) is 13.7. The van der Waals surface area contributed by atoms with Gasteiger partial charge in [0.15, 0.2) is 11.5 Å². The summed E-state index contributed by atoms with van der Waals surface area (Å²) in [5, 5.41) is 0. The first-order valence-corrected chi connectivity index (χ1v) is 6.12. The van der Waals surface area contributed by atoms with Crippen LogP contribution >= 0.6 is 0 Å². The lowest BCUT2D eigenvalue weighted by atomic mass is 9.96. The van der Waals surface area contributed by atoms with Crippen LogP contribution in [0, 0.1) is 0 Å². The quantitative estimate of drug-likeness (QED) is 0.765. The molecule has 1 aromatic rings. The van der Waals surface area contributed by atoms with E-state index >= 15 is 0 Å². The van der Waals surface area contributed by atoms with E-state index in [0.29, 0.717) is 6.10 Å². The van der Waals surface area contributed by atoms with Crippen LogP contribution in [0.1, 0.15) is 31.7 Å². The van der Waals surface area contributed by atoms with Gasteiger partial charge in [-0.1, -0.05) is 18.7 Å². The predicted octanol–water partition coefficient (Wildman–Crippen LogP) is 3.47. The van der Waals surface area contributed by atoms with Gasteiger partial charge in [0.05, 0.1) is 13.2 Å². The fraction of sp³-hybridized carbons (Fsp3) is 0.400. The van der Waals surface area contributed by atoms with E-state index in [4.69, 9.17) is 14.3 Å². The zero-order valence-electron chi connectivity index (χ0n) is 11.0. The number of ether oxygens (including phenoxy) is 2. The van der Waals surface area contributed by atoms with Crippen molar-refractivity contribution in [3.8, 4) is 11.5 Å². The summed E-state index contributed by atoms with van der Waals surface area (Å²) in [5.74, 6) is 1.63. The molecule has 0 atom stereocenters. The predicted molar refractivity (Wildman–Crippen MR) is 73.1 cm³/mol. The minimum absolute atomic E-state index is 0.374. The van der Waals surface area contributed by atoms with Crippen LogP contribution in [0.4, 0.5) is 0 Å². The van der Waals surface area contributed by atoms with Crippen molar-refractivity contribution in [2.24, 2.45) is 0 Å². The van der Waals surface area contributed by atoms with Gasteiger partial charge in [0, 0.05) is 0 Å². The zero-order valence-corrected chi connectivity index (χ0v) is 11.0. The third-order valence-corrected chi connectivity index (χ3v) is 2.77. The molecular formula is C15H20O3. The van der Waals surface area contributed by atoms with Crippen molar-refractivity contribution < 1.29 is 14.3 Å². The Hall–Kier alpha value is -1.77. The second-order valence-electron chi connectivity index (χ2n) is 4.02. The summed E-state index contributed by atoms with van der Waals surface area (Å²) in [5.41, 5.74) is 1.06. The number of carbonyl (C=O) groups excluding carboxylic acids is 1. The topological polar surface area (TPSA) is 35.5 Å². The lowest BCUT2D eigenvalue weighted by molar-refractivity contribution is -0.106. The summed E-state index contributed by atoms with van der Waals surface area (Å²) in [6, 6.07) is 5.87. The van der Waals surface area contributed by atoms with Crippen LogP contribution < -0.4 is 9.47 Å². The molecule has 1 aliphatic carbocycles. The Bertz CT molecular complexity index is 395. The molecule has 0 radical (unpaired) electrons. The van der Waals surface area contributed by atoms with Crippen LogP contribution in [0.15, 0.2) is 24.8 Å². The molecule has 0 unspecified atom stereocenters. The molecule has 18 heavy (non-hydrogen) atoms. The fourth-order valence-electron chi connectivity index (χ4n) is 1.58. The summed E-state index contributed by atoms with van der Waals surface area (Å²) >= 11 is 0. The lowest BCUT2D eigenvalue weighted by Crippen LogP contribution is -2.24. The average Bonchev–Trinajstić information content (AvgIpc) is 2.34. The first-order chi connectivity index (χ1) is 8.74. The number of carbonyl (C=O) groups is 1.